The molecule has 2 N–H and O–H groups in total. The van der Waals surface area contributed by atoms with Gasteiger partial charge in [0.05, 0.1) is 41.7 Å². The zero-order valence-corrected chi connectivity index (χ0v) is 27.0. The summed E-state index contributed by atoms with van der Waals surface area (Å²) in [5.41, 5.74) is 2.12. The molecular formula is C31H32N6O7S2. The molecule has 15 heteroatoms. The summed E-state index contributed by atoms with van der Waals surface area (Å²) in [5.74, 6) is -0.328. The Morgan fingerprint density at radius 2 is 1.85 bits per heavy atom. The number of hydrogen-bond donors (Lipinski definition) is 2. The van der Waals surface area contributed by atoms with Gasteiger partial charge in [0.2, 0.25) is 5.91 Å². The average molecular weight is 665 g/mol. The fraction of sp³-hybridized carbons (Fsp3) is 0.323. The number of ether oxygens (including phenoxy) is 2. The van der Waals surface area contributed by atoms with Crippen molar-refractivity contribution in [1.29, 1.82) is 0 Å². The highest BCUT2D eigenvalue weighted by molar-refractivity contribution is 8.00. The first-order chi connectivity index (χ1) is 22.2. The van der Waals surface area contributed by atoms with Crippen LogP contribution in [0.5, 0.6) is 5.75 Å². The Morgan fingerprint density at radius 1 is 1.11 bits per heavy atom. The lowest BCUT2D eigenvalue weighted by Crippen LogP contribution is -2.25. The highest BCUT2D eigenvalue weighted by Gasteiger charge is 2.29. The van der Waals surface area contributed by atoms with E-state index in [0.29, 0.717) is 33.0 Å². The van der Waals surface area contributed by atoms with Crippen LogP contribution < -0.4 is 15.4 Å². The lowest BCUT2D eigenvalue weighted by atomic mass is 9.95. The minimum absolute atomic E-state index is 0.0361. The van der Waals surface area contributed by atoms with Crippen LogP contribution in [0, 0.1) is 10.1 Å². The van der Waals surface area contributed by atoms with Crippen molar-refractivity contribution in [2.75, 3.05) is 19.0 Å². The molecule has 2 amide bonds. The van der Waals surface area contributed by atoms with Gasteiger partial charge in [-0.1, -0.05) is 23.9 Å². The van der Waals surface area contributed by atoms with E-state index in [-0.39, 0.29) is 30.3 Å². The number of nitrogens with zero attached hydrogens (tertiary/aromatic N) is 4. The number of hydrogen-bond acceptors (Lipinski definition) is 11. The number of carbonyl (C=O) groups excluding carboxylic acids is 3. The topological polar surface area (TPSA) is 168 Å². The molecule has 2 aromatic carbocycles. The van der Waals surface area contributed by atoms with Crippen molar-refractivity contribution < 1.29 is 28.8 Å². The van der Waals surface area contributed by atoms with E-state index < -0.39 is 22.0 Å². The van der Waals surface area contributed by atoms with Gasteiger partial charge >= 0.3 is 5.97 Å². The molecule has 0 spiro atoms. The SMILES string of the molecule is CCOC(=O)c1c(NC(=O)C(C)Sc2nnc(CNC(=O)c3ccc([N+](=O)[O-])cc3)n2-c2ccccc2OC)sc2c1CCCC2. The molecule has 0 radical (unpaired) electrons. The minimum Gasteiger partial charge on any atom is -0.495 e. The fourth-order valence-electron chi connectivity index (χ4n) is 5.04. The van der Waals surface area contributed by atoms with Crippen molar-refractivity contribution in [3.05, 3.63) is 86.0 Å². The molecule has 0 aliphatic heterocycles. The zero-order valence-electron chi connectivity index (χ0n) is 25.4. The molecule has 2 aromatic heterocycles. The molecule has 1 unspecified atom stereocenters. The summed E-state index contributed by atoms with van der Waals surface area (Å²) in [4.78, 5) is 50.8. The summed E-state index contributed by atoms with van der Waals surface area (Å²) in [6, 6.07) is 12.5. The Hall–Kier alpha value is -4.76. The maximum absolute atomic E-state index is 13.5. The number of benzene rings is 2. The van der Waals surface area contributed by atoms with Crippen LogP contribution in [-0.2, 0) is 28.9 Å². The van der Waals surface area contributed by atoms with E-state index in [0.717, 1.165) is 47.9 Å². The molecule has 2 heterocycles. The van der Waals surface area contributed by atoms with Crippen molar-refractivity contribution in [2.45, 2.75) is 56.5 Å². The van der Waals surface area contributed by atoms with Crippen LogP contribution in [0.25, 0.3) is 5.69 Å². The second kappa shape index (κ2) is 14.6. The third-order valence-corrected chi connectivity index (χ3v) is 9.56. The highest BCUT2D eigenvalue weighted by atomic mass is 32.2. The second-order valence-electron chi connectivity index (χ2n) is 10.3. The smallest absolute Gasteiger partial charge is 0.341 e. The Balaban J connectivity index is 1.38. The van der Waals surface area contributed by atoms with Crippen LogP contribution in [0.2, 0.25) is 0 Å². The predicted molar refractivity (Wildman–Crippen MR) is 173 cm³/mol. The van der Waals surface area contributed by atoms with Gasteiger partial charge in [-0.05, 0) is 69.4 Å². The van der Waals surface area contributed by atoms with Crippen LogP contribution >= 0.6 is 23.1 Å². The third kappa shape index (κ3) is 7.05. The molecule has 0 bridgehead atoms. The van der Waals surface area contributed by atoms with E-state index in [2.05, 4.69) is 20.8 Å². The van der Waals surface area contributed by atoms with Gasteiger partial charge in [0.1, 0.15) is 10.8 Å². The summed E-state index contributed by atoms with van der Waals surface area (Å²) in [6.07, 6.45) is 3.64. The van der Waals surface area contributed by atoms with E-state index in [4.69, 9.17) is 9.47 Å². The number of aromatic nitrogens is 3. The number of carbonyl (C=O) groups is 3. The highest BCUT2D eigenvalue weighted by Crippen LogP contribution is 2.39. The Kier molecular flexibility index (Phi) is 10.3. The van der Waals surface area contributed by atoms with Crippen LogP contribution in [0.15, 0.2) is 53.7 Å². The van der Waals surface area contributed by atoms with Gasteiger partial charge in [-0.15, -0.1) is 21.5 Å². The lowest BCUT2D eigenvalue weighted by Gasteiger charge is -2.16. The van der Waals surface area contributed by atoms with Crippen LogP contribution in [0.1, 0.15) is 63.7 Å². The molecule has 1 aliphatic carbocycles. The number of fused-ring (bicyclic) bond motifs is 1. The third-order valence-electron chi connectivity index (χ3n) is 7.31. The summed E-state index contributed by atoms with van der Waals surface area (Å²) in [6.45, 7) is 3.68. The number of para-hydroxylation sites is 2. The largest absolute Gasteiger partial charge is 0.495 e. The first-order valence-corrected chi connectivity index (χ1v) is 16.3. The second-order valence-corrected chi connectivity index (χ2v) is 12.7. The molecule has 0 fully saturated rings. The Labute approximate surface area is 272 Å². The number of amides is 2. The molecule has 13 nitrogen and oxygen atoms in total. The molecule has 4 aromatic rings. The van der Waals surface area contributed by atoms with Crippen LogP contribution in [0.3, 0.4) is 0 Å². The summed E-state index contributed by atoms with van der Waals surface area (Å²) >= 11 is 2.58. The van der Waals surface area contributed by atoms with Crippen molar-refractivity contribution >= 4 is 51.6 Å². The monoisotopic (exact) mass is 664 g/mol. The number of methoxy groups -OCH3 is 1. The number of nitrogens with one attached hydrogen (secondary N) is 2. The van der Waals surface area contributed by atoms with Crippen LogP contribution in [0.4, 0.5) is 10.7 Å². The molecule has 1 aliphatic rings. The lowest BCUT2D eigenvalue weighted by molar-refractivity contribution is -0.384. The van der Waals surface area contributed by atoms with Crippen molar-refractivity contribution in [3.8, 4) is 11.4 Å². The van der Waals surface area contributed by atoms with Gasteiger partial charge in [-0.2, -0.15) is 0 Å². The quantitative estimate of drug-likeness (QED) is 0.0872. The number of esters is 1. The Bertz CT molecular complexity index is 1770. The van der Waals surface area contributed by atoms with Gasteiger partial charge in [0.15, 0.2) is 11.0 Å². The number of nitro groups is 1. The number of rotatable bonds is 12. The first kappa shape index (κ1) is 32.6. The molecule has 46 heavy (non-hydrogen) atoms. The normalized spacial score (nSPS) is 12.9. The average Bonchev–Trinajstić information content (AvgIpc) is 3.63. The van der Waals surface area contributed by atoms with Crippen molar-refractivity contribution in [3.63, 3.8) is 0 Å². The number of nitro benzene ring substituents is 1. The molecule has 5 rings (SSSR count). The van der Waals surface area contributed by atoms with Crippen molar-refractivity contribution in [2.24, 2.45) is 0 Å². The number of anilines is 1. The summed E-state index contributed by atoms with van der Waals surface area (Å²) < 4.78 is 12.6. The van der Waals surface area contributed by atoms with Crippen LogP contribution in [-0.4, -0.2) is 56.4 Å². The summed E-state index contributed by atoms with van der Waals surface area (Å²) in [7, 11) is 1.53. The van der Waals surface area contributed by atoms with Gasteiger partial charge in [-0.25, -0.2) is 4.79 Å². The van der Waals surface area contributed by atoms with E-state index in [9.17, 15) is 24.5 Å². The van der Waals surface area contributed by atoms with Crippen molar-refractivity contribution in [1.82, 2.24) is 20.1 Å². The molecule has 1 atom stereocenters. The number of thioether (sulfide) groups is 1. The number of aryl methyl sites for hydroxylation is 1. The maximum atomic E-state index is 13.5. The predicted octanol–water partition coefficient (Wildman–Crippen LogP) is 5.35. The standard InChI is InChI=1S/C31H32N6O7S2/c1-4-44-30(40)26-21-9-5-8-12-24(21)46-29(26)33-27(38)18(2)45-31-35-34-25(36(31)22-10-6-7-11-23(22)43-3)17-32-28(39)19-13-15-20(16-14-19)37(41)42/h6-7,10-11,13-16,18H,4-5,8-9,12,17H2,1-3H3,(H,32,39)(H,33,38). The Morgan fingerprint density at radius 3 is 2.57 bits per heavy atom. The molecule has 240 valence electrons. The molecule has 0 saturated carbocycles. The van der Waals surface area contributed by atoms with Gasteiger partial charge in [-0.3, -0.25) is 24.3 Å². The fourth-order valence-corrected chi connectivity index (χ4v) is 7.20. The maximum Gasteiger partial charge on any atom is 0.341 e. The first-order valence-electron chi connectivity index (χ1n) is 14.6. The van der Waals surface area contributed by atoms with E-state index in [1.807, 2.05) is 12.1 Å². The zero-order chi connectivity index (χ0) is 32.8. The summed E-state index contributed by atoms with van der Waals surface area (Å²) in [5, 5.41) is 25.6. The van der Waals surface area contributed by atoms with Gasteiger partial charge in [0, 0.05) is 22.6 Å². The molecule has 0 saturated heterocycles. The van der Waals surface area contributed by atoms with Gasteiger partial charge < -0.3 is 20.1 Å². The van der Waals surface area contributed by atoms with E-state index >= 15 is 0 Å². The number of thiophene rings is 1. The van der Waals surface area contributed by atoms with E-state index in [1.165, 1.54) is 42.7 Å². The van der Waals surface area contributed by atoms with E-state index in [1.54, 1.807) is 30.5 Å². The number of non-ortho nitro benzene ring substituents is 1. The minimum atomic E-state index is -0.658. The molecular weight excluding hydrogens is 633 g/mol. The van der Waals surface area contributed by atoms with Gasteiger partial charge in [0.25, 0.3) is 11.6 Å².